The fourth-order valence-corrected chi connectivity index (χ4v) is 8.22. The summed E-state index contributed by atoms with van der Waals surface area (Å²) in [6.07, 6.45) is 0. The molecule has 0 N–H and O–H groups in total. The summed E-state index contributed by atoms with van der Waals surface area (Å²) in [7, 11) is -1.39. The van der Waals surface area contributed by atoms with Gasteiger partial charge in [0.05, 0.1) is 0 Å². The van der Waals surface area contributed by atoms with Crippen molar-refractivity contribution in [3.05, 3.63) is 0 Å². The van der Waals surface area contributed by atoms with Crippen LogP contribution in [0.2, 0.25) is 35.4 Å². The van der Waals surface area contributed by atoms with Crippen molar-refractivity contribution in [1.29, 1.82) is 0 Å². The average Bonchev–Trinajstić information content (AvgIpc) is 2.17. The summed E-state index contributed by atoms with van der Waals surface area (Å²) in [5.74, 6) is 2.97. The Morgan fingerprint density at radius 2 is 1.47 bits per heavy atom. The second-order valence-corrected chi connectivity index (χ2v) is 20.7. The predicted molar refractivity (Wildman–Crippen MR) is 73.3 cm³/mol. The van der Waals surface area contributed by atoms with Crippen LogP contribution in [0.25, 0.3) is 0 Å². The van der Waals surface area contributed by atoms with Gasteiger partial charge < -0.3 is 0 Å². The maximum atomic E-state index is 12.1. The molecule has 0 saturated heterocycles. The molecular weight excluding hydrogens is 261 g/mol. The van der Waals surface area contributed by atoms with Crippen LogP contribution in [0.1, 0.15) is 20.8 Å². The third-order valence-electron chi connectivity index (χ3n) is 3.06. The molecule has 0 heterocycles. The van der Waals surface area contributed by atoms with Gasteiger partial charge in [0.1, 0.15) is 0 Å². The number of carbonyl (C=O) groups is 1. The van der Waals surface area contributed by atoms with E-state index in [0.717, 1.165) is 15.8 Å². The van der Waals surface area contributed by atoms with Crippen molar-refractivity contribution in [2.24, 2.45) is 0 Å². The Hall–Kier alpha value is -0.0103. The molecule has 0 saturated carbocycles. The molecule has 0 aromatic rings. The Bertz CT molecular complexity index is 268. The summed E-state index contributed by atoms with van der Waals surface area (Å²) in [6.45, 7) is 13.1. The predicted octanol–water partition coefficient (Wildman–Crippen LogP) is 3.48. The minimum absolute atomic E-state index is 0.338. The molecule has 0 amide bonds. The van der Waals surface area contributed by atoms with E-state index in [2.05, 4.69) is 51.9 Å². The first-order valence-electron chi connectivity index (χ1n) is 5.89. The zero-order valence-corrected chi connectivity index (χ0v) is 14.1. The van der Waals surface area contributed by atoms with E-state index >= 15 is 0 Å². The number of rotatable bonds is 4. The molecule has 0 aliphatic rings. The third kappa shape index (κ3) is 4.56. The molecule has 0 spiro atoms. The number of hydrogen-bond donors (Lipinski definition) is 0. The molecule has 0 radical (unpaired) electrons. The van der Waals surface area contributed by atoms with Crippen LogP contribution in [0.5, 0.6) is 0 Å². The summed E-state index contributed by atoms with van der Waals surface area (Å²) in [5, 5.41) is 3.27. The molecule has 0 rings (SSSR count). The Morgan fingerprint density at radius 3 is 1.73 bits per heavy atom. The van der Waals surface area contributed by atoms with Crippen molar-refractivity contribution >= 4 is 26.0 Å². The second kappa shape index (κ2) is 5.91. The van der Waals surface area contributed by atoms with Crippen LogP contribution >= 0.6 is 0 Å². The SMILES string of the molecule is C[CH2][Ge]([CH2]C)([CH2]C)[C](=O)C#C[Si](C)(C)C. The molecule has 0 bridgehead atoms. The standard InChI is InChI=1S/C12H24GeOSi/c1-7-13(8-2,9-3)12(14)10-11-15(4,5)6/h7-9H2,1-6H3. The number of hydrogen-bond acceptors (Lipinski definition) is 1. The van der Waals surface area contributed by atoms with Gasteiger partial charge in [-0.05, 0) is 0 Å². The van der Waals surface area contributed by atoms with Gasteiger partial charge in [-0.2, -0.15) is 0 Å². The summed E-state index contributed by atoms with van der Waals surface area (Å²) in [4.78, 5) is 12.1. The van der Waals surface area contributed by atoms with E-state index in [0.29, 0.717) is 4.62 Å². The second-order valence-electron chi connectivity index (χ2n) is 5.17. The topological polar surface area (TPSA) is 17.1 Å². The van der Waals surface area contributed by atoms with Gasteiger partial charge in [0, 0.05) is 0 Å². The Balaban J connectivity index is 4.88. The Labute approximate surface area is 98.4 Å². The van der Waals surface area contributed by atoms with Gasteiger partial charge in [0.25, 0.3) is 0 Å². The van der Waals surface area contributed by atoms with Gasteiger partial charge in [0.15, 0.2) is 0 Å². The zero-order valence-electron chi connectivity index (χ0n) is 11.0. The van der Waals surface area contributed by atoms with Crippen molar-refractivity contribution in [3.8, 4) is 11.5 Å². The molecule has 0 aromatic carbocycles. The van der Waals surface area contributed by atoms with E-state index in [4.69, 9.17) is 0 Å². The van der Waals surface area contributed by atoms with Gasteiger partial charge in [-0.15, -0.1) is 0 Å². The van der Waals surface area contributed by atoms with E-state index in [-0.39, 0.29) is 0 Å². The van der Waals surface area contributed by atoms with Gasteiger partial charge in [-0.1, -0.05) is 0 Å². The van der Waals surface area contributed by atoms with E-state index in [1.54, 1.807) is 0 Å². The van der Waals surface area contributed by atoms with Gasteiger partial charge >= 0.3 is 98.4 Å². The first-order valence-corrected chi connectivity index (χ1v) is 14.9. The first-order chi connectivity index (χ1) is 6.81. The third-order valence-corrected chi connectivity index (χ3v) is 14.7. The Kier molecular flexibility index (Phi) is 5.90. The summed E-state index contributed by atoms with van der Waals surface area (Å²) in [6, 6.07) is 0. The molecule has 3 heteroatoms. The quantitative estimate of drug-likeness (QED) is 0.571. The van der Waals surface area contributed by atoms with Crippen LogP contribution in [0.3, 0.4) is 0 Å². The minimum atomic E-state index is -2.24. The van der Waals surface area contributed by atoms with Crippen LogP contribution in [-0.2, 0) is 4.79 Å². The van der Waals surface area contributed by atoms with E-state index < -0.39 is 21.3 Å². The summed E-state index contributed by atoms with van der Waals surface area (Å²) < 4.78 is 0.338. The van der Waals surface area contributed by atoms with Gasteiger partial charge in [0.2, 0.25) is 0 Å². The molecule has 0 unspecified atom stereocenters. The molecule has 0 aromatic heterocycles. The van der Waals surface area contributed by atoms with Crippen LogP contribution in [0, 0.1) is 11.5 Å². The summed E-state index contributed by atoms with van der Waals surface area (Å²) >= 11 is -2.24. The molecule has 86 valence electrons. The van der Waals surface area contributed by atoms with Crippen LogP contribution in [0.4, 0.5) is 0 Å². The van der Waals surface area contributed by atoms with Crippen LogP contribution in [0.15, 0.2) is 0 Å². The molecule has 0 fully saturated rings. The van der Waals surface area contributed by atoms with Crippen molar-refractivity contribution in [3.63, 3.8) is 0 Å². The van der Waals surface area contributed by atoms with E-state index in [9.17, 15) is 4.79 Å². The van der Waals surface area contributed by atoms with Crippen molar-refractivity contribution in [1.82, 2.24) is 0 Å². The zero-order chi connectivity index (χ0) is 12.1. The monoisotopic (exact) mass is 286 g/mol. The van der Waals surface area contributed by atoms with Crippen molar-refractivity contribution in [2.45, 2.75) is 56.2 Å². The maximum absolute atomic E-state index is 12.1. The van der Waals surface area contributed by atoms with Gasteiger partial charge in [-0.3, -0.25) is 0 Å². The Morgan fingerprint density at radius 1 is 1.07 bits per heavy atom. The molecule has 0 aliphatic carbocycles. The molecule has 15 heavy (non-hydrogen) atoms. The molecular formula is C12H24GeOSi. The van der Waals surface area contributed by atoms with Crippen LogP contribution < -0.4 is 0 Å². The molecule has 0 aliphatic heterocycles. The average molecular weight is 285 g/mol. The van der Waals surface area contributed by atoms with E-state index in [1.165, 1.54) is 0 Å². The number of carbonyl (C=O) groups excluding carboxylic acids is 1. The molecule has 1 nitrogen and oxygen atoms in total. The first kappa shape index (κ1) is 15.0. The van der Waals surface area contributed by atoms with Gasteiger partial charge in [-0.25, -0.2) is 0 Å². The van der Waals surface area contributed by atoms with Crippen LogP contribution in [-0.4, -0.2) is 26.0 Å². The summed E-state index contributed by atoms with van der Waals surface area (Å²) in [5.41, 5.74) is 3.22. The fraction of sp³-hybridized carbons (Fsp3) is 0.750. The fourth-order valence-electron chi connectivity index (χ4n) is 1.61. The normalized spacial score (nSPS) is 11.9. The van der Waals surface area contributed by atoms with Crippen molar-refractivity contribution in [2.75, 3.05) is 0 Å². The molecule has 0 atom stereocenters. The van der Waals surface area contributed by atoms with E-state index in [1.807, 2.05) is 0 Å². The van der Waals surface area contributed by atoms with Crippen molar-refractivity contribution < 1.29 is 4.79 Å².